The lowest BCUT2D eigenvalue weighted by Crippen LogP contribution is -2.00. The summed E-state index contributed by atoms with van der Waals surface area (Å²) in [6, 6.07) is 17.7. The van der Waals surface area contributed by atoms with Gasteiger partial charge in [-0.05, 0) is 12.1 Å². The molecule has 106 valence electrons. The average molecular weight is 303 g/mol. The van der Waals surface area contributed by atoms with Crippen LogP contribution in [-0.2, 0) is 10.2 Å². The first kappa shape index (κ1) is 13.4. The van der Waals surface area contributed by atoms with Crippen LogP contribution in [0.25, 0.3) is 17.1 Å². The van der Waals surface area contributed by atoms with Crippen molar-refractivity contribution in [1.29, 1.82) is 0 Å². The molecule has 5 nitrogen and oxygen atoms in total. The predicted molar refractivity (Wildman–Crippen MR) is 75.1 cm³/mol. The first-order chi connectivity index (χ1) is 10.1. The number of rotatable bonds is 3. The summed E-state index contributed by atoms with van der Waals surface area (Å²) in [5.41, 5.74) is 1.24. The standard InChI is InChI=1S/C14H10FN3O2S/c15-21(19,20)14-16-13(11-7-3-1-4-8-11)18(17-14)12-9-5-2-6-10-12/h1-10H. The largest absolute Gasteiger partial charge is 0.369 e. The zero-order valence-electron chi connectivity index (χ0n) is 10.7. The van der Waals surface area contributed by atoms with Gasteiger partial charge in [-0.25, -0.2) is 4.68 Å². The van der Waals surface area contributed by atoms with Crippen LogP contribution in [0.3, 0.4) is 0 Å². The maximum absolute atomic E-state index is 13.2. The molecule has 0 bridgehead atoms. The zero-order chi connectivity index (χ0) is 14.9. The summed E-state index contributed by atoms with van der Waals surface area (Å²) in [6.07, 6.45) is 0. The van der Waals surface area contributed by atoms with Gasteiger partial charge < -0.3 is 0 Å². The fourth-order valence-electron chi connectivity index (χ4n) is 1.92. The van der Waals surface area contributed by atoms with Crippen molar-refractivity contribution in [2.45, 2.75) is 5.16 Å². The van der Waals surface area contributed by atoms with E-state index in [1.54, 1.807) is 48.5 Å². The van der Waals surface area contributed by atoms with E-state index in [1.165, 1.54) is 4.68 Å². The van der Waals surface area contributed by atoms with Gasteiger partial charge in [-0.15, -0.1) is 5.10 Å². The fraction of sp³-hybridized carbons (Fsp3) is 0. The van der Waals surface area contributed by atoms with E-state index < -0.39 is 15.4 Å². The highest BCUT2D eigenvalue weighted by Gasteiger charge is 2.23. The number of hydrogen-bond donors (Lipinski definition) is 0. The number of para-hydroxylation sites is 1. The summed E-state index contributed by atoms with van der Waals surface area (Å²) < 4.78 is 36.6. The van der Waals surface area contributed by atoms with Crippen LogP contribution in [0.15, 0.2) is 65.8 Å². The summed E-state index contributed by atoms with van der Waals surface area (Å²) in [5.74, 6) is 0.262. The van der Waals surface area contributed by atoms with Crippen molar-refractivity contribution < 1.29 is 12.3 Å². The van der Waals surface area contributed by atoms with Crippen molar-refractivity contribution in [2.24, 2.45) is 0 Å². The molecular formula is C14H10FN3O2S. The van der Waals surface area contributed by atoms with Gasteiger partial charge in [0.2, 0.25) is 0 Å². The Morgan fingerprint density at radius 2 is 1.48 bits per heavy atom. The lowest BCUT2D eigenvalue weighted by atomic mass is 10.2. The lowest BCUT2D eigenvalue weighted by Gasteiger charge is -2.05. The summed E-state index contributed by atoms with van der Waals surface area (Å²) in [4.78, 5) is 3.82. The second-order valence-electron chi connectivity index (χ2n) is 4.27. The van der Waals surface area contributed by atoms with Gasteiger partial charge in [0.15, 0.2) is 5.82 Å². The molecule has 0 fully saturated rings. The monoisotopic (exact) mass is 303 g/mol. The third-order valence-corrected chi connectivity index (χ3v) is 3.45. The van der Waals surface area contributed by atoms with Crippen molar-refractivity contribution in [3.63, 3.8) is 0 Å². The minimum atomic E-state index is -4.96. The molecule has 2 aromatic carbocycles. The zero-order valence-corrected chi connectivity index (χ0v) is 11.5. The Balaban J connectivity index is 2.25. The molecule has 0 spiro atoms. The Morgan fingerprint density at radius 3 is 2.05 bits per heavy atom. The molecule has 0 N–H and O–H groups in total. The molecule has 0 aliphatic heterocycles. The minimum absolute atomic E-state index is 0.262. The van der Waals surface area contributed by atoms with E-state index in [-0.39, 0.29) is 5.82 Å². The van der Waals surface area contributed by atoms with Crippen molar-refractivity contribution in [1.82, 2.24) is 14.8 Å². The van der Waals surface area contributed by atoms with Gasteiger partial charge in [0, 0.05) is 5.56 Å². The smallest absolute Gasteiger partial charge is 0.212 e. The Morgan fingerprint density at radius 1 is 0.905 bits per heavy atom. The number of nitrogens with zero attached hydrogens (tertiary/aromatic N) is 3. The van der Waals surface area contributed by atoms with Crippen LogP contribution in [0.4, 0.5) is 3.89 Å². The van der Waals surface area contributed by atoms with Crippen molar-refractivity contribution in [2.75, 3.05) is 0 Å². The predicted octanol–water partition coefficient (Wildman–Crippen LogP) is 2.59. The molecule has 1 aromatic heterocycles. The maximum Gasteiger partial charge on any atom is 0.369 e. The molecule has 0 aliphatic carbocycles. The highest BCUT2D eigenvalue weighted by atomic mass is 32.3. The molecule has 0 atom stereocenters. The molecule has 0 saturated heterocycles. The summed E-state index contributed by atoms with van der Waals surface area (Å²) >= 11 is 0. The van der Waals surface area contributed by atoms with Crippen LogP contribution in [0.1, 0.15) is 0 Å². The maximum atomic E-state index is 13.2. The number of aromatic nitrogens is 3. The third kappa shape index (κ3) is 2.68. The van der Waals surface area contributed by atoms with E-state index in [0.29, 0.717) is 11.3 Å². The molecule has 0 unspecified atom stereocenters. The highest BCUT2D eigenvalue weighted by Crippen LogP contribution is 2.22. The Hall–Kier alpha value is -2.54. The van der Waals surface area contributed by atoms with Gasteiger partial charge in [-0.2, -0.15) is 13.4 Å². The molecule has 7 heteroatoms. The van der Waals surface area contributed by atoms with Crippen molar-refractivity contribution in [3.05, 3.63) is 60.7 Å². The van der Waals surface area contributed by atoms with Gasteiger partial charge in [0.25, 0.3) is 5.16 Å². The lowest BCUT2D eigenvalue weighted by molar-refractivity contribution is 0.541. The van der Waals surface area contributed by atoms with Crippen LogP contribution < -0.4 is 0 Å². The molecule has 0 radical (unpaired) electrons. The van der Waals surface area contributed by atoms with Gasteiger partial charge in [-0.3, -0.25) is 0 Å². The first-order valence-electron chi connectivity index (χ1n) is 6.08. The SMILES string of the molecule is O=S(=O)(F)c1nc(-c2ccccc2)n(-c2ccccc2)n1. The molecular weight excluding hydrogens is 293 g/mol. The average Bonchev–Trinajstić information content (AvgIpc) is 2.94. The molecule has 21 heavy (non-hydrogen) atoms. The minimum Gasteiger partial charge on any atom is -0.212 e. The number of benzene rings is 2. The Labute approximate surface area is 120 Å². The van der Waals surface area contributed by atoms with E-state index in [4.69, 9.17) is 0 Å². The topological polar surface area (TPSA) is 64.8 Å². The highest BCUT2D eigenvalue weighted by molar-refractivity contribution is 7.86. The number of halogens is 1. The van der Waals surface area contributed by atoms with Crippen molar-refractivity contribution in [3.8, 4) is 17.1 Å². The van der Waals surface area contributed by atoms with E-state index in [9.17, 15) is 12.3 Å². The van der Waals surface area contributed by atoms with Crippen LogP contribution in [-0.4, -0.2) is 23.2 Å². The van der Waals surface area contributed by atoms with Gasteiger partial charge in [0.05, 0.1) is 5.69 Å². The molecule has 1 heterocycles. The van der Waals surface area contributed by atoms with Crippen LogP contribution in [0.2, 0.25) is 0 Å². The Kier molecular flexibility index (Phi) is 3.26. The normalized spacial score (nSPS) is 11.5. The fourth-order valence-corrected chi connectivity index (χ4v) is 2.29. The van der Waals surface area contributed by atoms with Crippen LogP contribution in [0, 0.1) is 0 Å². The van der Waals surface area contributed by atoms with Crippen molar-refractivity contribution >= 4 is 10.2 Å². The van der Waals surface area contributed by atoms with E-state index in [0.717, 1.165) is 0 Å². The molecule has 3 rings (SSSR count). The summed E-state index contributed by atoms with van der Waals surface area (Å²) in [6.45, 7) is 0. The van der Waals surface area contributed by atoms with E-state index in [2.05, 4.69) is 10.1 Å². The molecule has 0 saturated carbocycles. The second-order valence-corrected chi connectivity index (χ2v) is 5.51. The van der Waals surface area contributed by atoms with Crippen LogP contribution in [0.5, 0.6) is 0 Å². The van der Waals surface area contributed by atoms with Gasteiger partial charge in [0.1, 0.15) is 0 Å². The summed E-state index contributed by atoms with van der Waals surface area (Å²) in [7, 11) is -4.96. The van der Waals surface area contributed by atoms with E-state index in [1.807, 2.05) is 12.1 Å². The third-order valence-electron chi connectivity index (χ3n) is 2.84. The van der Waals surface area contributed by atoms with E-state index >= 15 is 0 Å². The second kappa shape index (κ2) is 5.10. The Bertz CT molecular complexity index is 805. The molecule has 0 amide bonds. The molecule has 0 aliphatic rings. The number of hydrogen-bond acceptors (Lipinski definition) is 4. The van der Waals surface area contributed by atoms with Gasteiger partial charge in [-0.1, -0.05) is 52.4 Å². The van der Waals surface area contributed by atoms with Crippen LogP contribution >= 0.6 is 0 Å². The summed E-state index contributed by atoms with van der Waals surface area (Å²) in [5, 5.41) is 2.93. The first-order valence-corrected chi connectivity index (χ1v) is 7.46. The molecule has 3 aromatic rings. The van der Waals surface area contributed by atoms with Gasteiger partial charge >= 0.3 is 10.2 Å². The quantitative estimate of drug-likeness (QED) is 0.698.